The number of nitrogens with one attached hydrogen (secondary N) is 1. The summed E-state index contributed by atoms with van der Waals surface area (Å²) in [4.78, 5) is 24.3. The van der Waals surface area contributed by atoms with Crippen LogP contribution in [0.2, 0.25) is 5.02 Å². The number of piperazine rings is 1. The summed E-state index contributed by atoms with van der Waals surface area (Å²) in [6.07, 6.45) is 5.19. The Morgan fingerprint density at radius 3 is 2.56 bits per heavy atom. The largest absolute Gasteiger partial charge is 0.353 e. The monoisotopic (exact) mass is 597 g/mol. The number of pyridine rings is 1. The van der Waals surface area contributed by atoms with E-state index < -0.39 is 0 Å². The van der Waals surface area contributed by atoms with Gasteiger partial charge in [-0.2, -0.15) is 0 Å². The van der Waals surface area contributed by atoms with Crippen molar-refractivity contribution in [2.75, 3.05) is 44.2 Å². The maximum Gasteiger partial charge on any atom is 0.252 e. The second-order valence-corrected chi connectivity index (χ2v) is 10.9. The minimum atomic E-state index is -0.131. The van der Waals surface area contributed by atoms with Crippen LogP contribution in [0, 0.1) is 3.57 Å². The number of piperidine rings is 1. The van der Waals surface area contributed by atoms with Crippen molar-refractivity contribution in [3.05, 3.63) is 56.2 Å². The molecule has 0 radical (unpaired) electrons. The first kappa shape index (κ1) is 25.7. The van der Waals surface area contributed by atoms with Gasteiger partial charge in [0.05, 0.1) is 10.6 Å². The summed E-state index contributed by atoms with van der Waals surface area (Å²) < 4.78 is 1.29. The highest BCUT2D eigenvalue weighted by atomic mass is 127. The van der Waals surface area contributed by atoms with Crippen LogP contribution in [0.1, 0.15) is 50.5 Å². The second-order valence-electron chi connectivity index (χ2n) is 9.27. The molecule has 3 heterocycles. The van der Waals surface area contributed by atoms with Crippen molar-refractivity contribution in [2.24, 2.45) is 0 Å². The molecule has 0 unspecified atom stereocenters. The van der Waals surface area contributed by atoms with E-state index in [1.807, 2.05) is 6.92 Å². The molecule has 0 aliphatic carbocycles. The maximum absolute atomic E-state index is 12.1. The van der Waals surface area contributed by atoms with E-state index in [0.29, 0.717) is 29.2 Å². The lowest BCUT2D eigenvalue weighted by Crippen LogP contribution is -2.58. The highest BCUT2D eigenvalue weighted by Gasteiger charge is 2.34. The zero-order chi connectivity index (χ0) is 24.1. The fourth-order valence-electron chi connectivity index (χ4n) is 5.21. The first-order valence-corrected chi connectivity index (χ1v) is 13.8. The number of rotatable bonds is 7. The topological polar surface area (TPSA) is 51.7 Å². The smallest absolute Gasteiger partial charge is 0.252 e. The summed E-state index contributed by atoms with van der Waals surface area (Å²) in [5.41, 5.74) is 1.92. The van der Waals surface area contributed by atoms with Crippen molar-refractivity contribution >= 4 is 45.9 Å². The van der Waals surface area contributed by atoms with Crippen LogP contribution in [0.15, 0.2) is 36.5 Å². The first-order chi connectivity index (χ1) is 16.5. The lowest BCUT2D eigenvalue weighted by molar-refractivity contribution is 0.0610. The van der Waals surface area contributed by atoms with Crippen molar-refractivity contribution in [3.8, 4) is 0 Å². The van der Waals surface area contributed by atoms with E-state index >= 15 is 0 Å². The quantitative estimate of drug-likeness (QED) is 0.460. The molecule has 0 spiro atoms. The molecule has 1 aromatic heterocycles. The van der Waals surface area contributed by atoms with Gasteiger partial charge in [-0.15, -0.1) is 0 Å². The molecule has 2 fully saturated rings. The van der Waals surface area contributed by atoms with Crippen molar-refractivity contribution in [1.29, 1.82) is 0 Å². The number of nitrogens with zero attached hydrogens (tertiary/aromatic N) is 4. The Morgan fingerprint density at radius 2 is 1.91 bits per heavy atom. The van der Waals surface area contributed by atoms with Gasteiger partial charge in [-0.25, -0.2) is 4.98 Å². The Morgan fingerprint density at radius 1 is 1.18 bits per heavy atom. The molecule has 34 heavy (non-hydrogen) atoms. The molecule has 0 bridgehead atoms. The van der Waals surface area contributed by atoms with Crippen LogP contribution in [0.4, 0.5) is 5.82 Å². The zero-order valence-corrected chi connectivity index (χ0v) is 23.1. The number of halogens is 2. The Labute approximate surface area is 223 Å². The number of carbonyl (C=O) groups is 1. The maximum atomic E-state index is 12.1. The minimum absolute atomic E-state index is 0. The molecule has 6 nitrogen and oxygen atoms in total. The Kier molecular flexibility index (Phi) is 9.07. The van der Waals surface area contributed by atoms with Crippen molar-refractivity contribution in [2.45, 2.75) is 51.7 Å². The van der Waals surface area contributed by atoms with Crippen molar-refractivity contribution in [1.82, 2.24) is 20.1 Å². The van der Waals surface area contributed by atoms with Crippen LogP contribution < -0.4 is 10.2 Å². The van der Waals surface area contributed by atoms with Gasteiger partial charge in [0.25, 0.3) is 5.91 Å². The van der Waals surface area contributed by atoms with Crippen LogP contribution in [-0.2, 0) is 6.54 Å². The van der Waals surface area contributed by atoms with Gasteiger partial charge in [0, 0.05) is 56.0 Å². The van der Waals surface area contributed by atoms with Gasteiger partial charge >= 0.3 is 0 Å². The summed E-state index contributed by atoms with van der Waals surface area (Å²) >= 11 is 8.93. The Hall–Kier alpha value is -1.42. The van der Waals surface area contributed by atoms with Gasteiger partial charge in [-0.3, -0.25) is 14.6 Å². The number of benzene rings is 1. The van der Waals surface area contributed by atoms with Crippen molar-refractivity contribution < 1.29 is 6.22 Å². The third-order valence-corrected chi connectivity index (χ3v) is 8.06. The molecule has 1 atom stereocenters. The predicted octanol–water partition coefficient (Wildman–Crippen LogP) is 4.90. The van der Waals surface area contributed by atoms with Gasteiger partial charge in [-0.05, 0) is 85.6 Å². The second kappa shape index (κ2) is 12.0. The van der Waals surface area contributed by atoms with Gasteiger partial charge in [0.2, 0.25) is 0 Å². The van der Waals surface area contributed by atoms with E-state index in [1.54, 1.807) is 12.3 Å². The molecule has 8 heteroatoms. The standard InChI is InChI=1S/C26H35ClIN5O.H2/c1-3-22-18-32(25-24(27)15-20(16-30-25)26(34)29-4-2)13-14-33(22)23-9-11-31(12-10-23)17-19-5-7-21(28)8-6-19;/h5-8,15-16,22-23H,3-4,9-14,17-18H2,1-2H3,(H,29,34);1H/t22-;/m0./s1. The average Bonchev–Trinajstić information content (AvgIpc) is 2.85. The van der Waals surface area contributed by atoms with Gasteiger partial charge in [-0.1, -0.05) is 30.7 Å². The minimum Gasteiger partial charge on any atom is -0.353 e. The van der Waals surface area contributed by atoms with Crippen LogP contribution in [0.5, 0.6) is 0 Å². The first-order valence-electron chi connectivity index (χ1n) is 12.4. The molecular formula is C26H37ClIN5O. The molecule has 186 valence electrons. The molecule has 1 amide bonds. The van der Waals surface area contributed by atoms with Crippen LogP contribution in [0.25, 0.3) is 0 Å². The van der Waals surface area contributed by atoms with Crippen LogP contribution >= 0.6 is 34.2 Å². The lowest BCUT2D eigenvalue weighted by Gasteiger charge is -2.47. The summed E-state index contributed by atoms with van der Waals surface area (Å²) in [5.74, 6) is 0.660. The third kappa shape index (κ3) is 6.22. The van der Waals surface area contributed by atoms with Gasteiger partial charge in [0.1, 0.15) is 5.82 Å². The Balaban J connectivity index is 0.00000342. The third-order valence-electron chi connectivity index (χ3n) is 7.07. The van der Waals surface area contributed by atoms with Gasteiger partial charge < -0.3 is 10.2 Å². The van der Waals surface area contributed by atoms with E-state index in [0.717, 1.165) is 51.5 Å². The average molecular weight is 598 g/mol. The molecule has 1 aromatic carbocycles. The number of aromatic nitrogens is 1. The molecule has 4 rings (SSSR count). The summed E-state index contributed by atoms with van der Waals surface area (Å²) in [5, 5.41) is 3.36. The zero-order valence-electron chi connectivity index (χ0n) is 20.1. The number of hydrogen-bond acceptors (Lipinski definition) is 5. The highest BCUT2D eigenvalue weighted by Crippen LogP contribution is 2.29. The summed E-state index contributed by atoms with van der Waals surface area (Å²) in [7, 11) is 0. The highest BCUT2D eigenvalue weighted by molar-refractivity contribution is 14.1. The van der Waals surface area contributed by atoms with E-state index in [1.165, 1.54) is 22.0 Å². The number of carbonyl (C=O) groups excluding carboxylic acids is 1. The van der Waals surface area contributed by atoms with E-state index in [9.17, 15) is 4.79 Å². The molecule has 2 aromatic rings. The fourth-order valence-corrected chi connectivity index (χ4v) is 5.86. The molecule has 2 aliphatic heterocycles. The predicted molar refractivity (Wildman–Crippen MR) is 150 cm³/mol. The van der Waals surface area contributed by atoms with E-state index in [4.69, 9.17) is 11.6 Å². The van der Waals surface area contributed by atoms with Crippen LogP contribution in [0.3, 0.4) is 0 Å². The molecular weight excluding hydrogens is 561 g/mol. The molecule has 2 saturated heterocycles. The van der Waals surface area contributed by atoms with Crippen molar-refractivity contribution in [3.63, 3.8) is 0 Å². The van der Waals surface area contributed by atoms with E-state index in [-0.39, 0.29) is 7.33 Å². The molecule has 0 saturated carbocycles. The SMILES string of the molecule is CCNC(=O)c1cnc(N2CCN(C3CCN(Cc4ccc(I)cc4)CC3)[C@@H](CC)C2)c(Cl)c1.[HH]. The number of amides is 1. The van der Waals surface area contributed by atoms with Crippen LogP contribution in [-0.4, -0.2) is 72.0 Å². The summed E-state index contributed by atoms with van der Waals surface area (Å²) in [6.45, 7) is 11.0. The fraction of sp³-hybridized carbons (Fsp3) is 0.538. The number of hydrogen-bond donors (Lipinski definition) is 1. The number of likely N-dealkylation sites (tertiary alicyclic amines) is 1. The Bertz CT molecular complexity index is 971. The molecule has 1 N–H and O–H groups in total. The molecule has 2 aliphatic rings. The van der Waals surface area contributed by atoms with Gasteiger partial charge in [0.15, 0.2) is 0 Å². The normalized spacial score (nSPS) is 20.5. The lowest BCUT2D eigenvalue weighted by atomic mass is 9.98. The number of anilines is 1. The summed E-state index contributed by atoms with van der Waals surface area (Å²) in [6, 6.07) is 11.8. The van der Waals surface area contributed by atoms with E-state index in [2.05, 4.69) is 78.8 Å².